The minimum absolute atomic E-state index is 0.220. The van der Waals surface area contributed by atoms with Gasteiger partial charge in [0.1, 0.15) is 0 Å². The first-order chi connectivity index (χ1) is 6.45. The predicted molar refractivity (Wildman–Crippen MR) is 55.3 cm³/mol. The van der Waals surface area contributed by atoms with Crippen LogP contribution in [0.2, 0.25) is 0 Å². The number of nitrogens with two attached hydrogens (primary N) is 2. The van der Waals surface area contributed by atoms with Crippen LogP contribution in [-0.4, -0.2) is 11.6 Å². The fourth-order valence-corrected chi connectivity index (χ4v) is 1.39. The summed E-state index contributed by atoms with van der Waals surface area (Å²) in [5.74, 6) is -0.500. The molecule has 0 aliphatic carbocycles. The minimum Gasteiger partial charge on any atom is -0.398 e. The number of Topliss-reactive ketones (excluding diaryl/α,β-unsaturated/α-hetero) is 2. The van der Waals surface area contributed by atoms with E-state index in [4.69, 9.17) is 11.5 Å². The molecule has 0 unspecified atom stereocenters. The van der Waals surface area contributed by atoms with E-state index >= 15 is 0 Å². The topological polar surface area (TPSA) is 86.2 Å². The third-order valence-corrected chi connectivity index (χ3v) is 1.97. The van der Waals surface area contributed by atoms with Crippen molar-refractivity contribution in [3.05, 3.63) is 23.3 Å². The van der Waals surface area contributed by atoms with Crippen molar-refractivity contribution in [1.29, 1.82) is 0 Å². The van der Waals surface area contributed by atoms with E-state index in [2.05, 4.69) is 0 Å². The molecular formula is C10H12N2O2. The van der Waals surface area contributed by atoms with Gasteiger partial charge in [-0.1, -0.05) is 0 Å². The third kappa shape index (κ3) is 1.59. The van der Waals surface area contributed by atoms with E-state index in [9.17, 15) is 9.59 Å². The Morgan fingerprint density at radius 1 is 0.929 bits per heavy atom. The Bertz CT molecular complexity index is 372. The number of benzene rings is 1. The molecule has 0 aromatic heterocycles. The highest BCUT2D eigenvalue weighted by atomic mass is 16.1. The number of ketones is 2. The van der Waals surface area contributed by atoms with Gasteiger partial charge >= 0.3 is 0 Å². The van der Waals surface area contributed by atoms with Crippen LogP contribution >= 0.6 is 0 Å². The number of hydrogen-bond donors (Lipinski definition) is 2. The molecule has 1 aromatic carbocycles. The van der Waals surface area contributed by atoms with Crippen LogP contribution in [0.15, 0.2) is 12.1 Å². The molecule has 0 bridgehead atoms. The number of nitrogen functional groups attached to an aromatic ring is 2. The maximum atomic E-state index is 11.3. The van der Waals surface area contributed by atoms with Crippen molar-refractivity contribution in [3.63, 3.8) is 0 Å². The van der Waals surface area contributed by atoms with Crippen LogP contribution in [0, 0.1) is 0 Å². The SMILES string of the molecule is CC(=O)c1c(N)ccc(N)c1C(C)=O. The molecule has 4 heteroatoms. The Labute approximate surface area is 81.9 Å². The zero-order valence-corrected chi connectivity index (χ0v) is 8.13. The molecule has 0 saturated carbocycles. The molecule has 1 rings (SSSR count). The van der Waals surface area contributed by atoms with Gasteiger partial charge in [0.15, 0.2) is 11.6 Å². The summed E-state index contributed by atoms with van der Waals surface area (Å²) >= 11 is 0. The van der Waals surface area contributed by atoms with Crippen LogP contribution in [-0.2, 0) is 0 Å². The summed E-state index contributed by atoms with van der Waals surface area (Å²) in [6.45, 7) is 2.72. The Morgan fingerprint density at radius 3 is 1.43 bits per heavy atom. The van der Waals surface area contributed by atoms with Crippen molar-refractivity contribution < 1.29 is 9.59 Å². The maximum Gasteiger partial charge on any atom is 0.162 e. The van der Waals surface area contributed by atoms with Gasteiger partial charge in [-0.15, -0.1) is 0 Å². The van der Waals surface area contributed by atoms with Gasteiger partial charge in [0.05, 0.1) is 11.1 Å². The monoisotopic (exact) mass is 192 g/mol. The molecule has 0 radical (unpaired) electrons. The quantitative estimate of drug-likeness (QED) is 0.545. The van der Waals surface area contributed by atoms with Crippen molar-refractivity contribution in [2.45, 2.75) is 13.8 Å². The molecule has 0 saturated heterocycles. The van der Waals surface area contributed by atoms with E-state index < -0.39 is 0 Å². The Kier molecular flexibility index (Phi) is 2.56. The smallest absolute Gasteiger partial charge is 0.162 e. The van der Waals surface area contributed by atoms with E-state index in [0.29, 0.717) is 0 Å². The highest BCUT2D eigenvalue weighted by Gasteiger charge is 2.17. The van der Waals surface area contributed by atoms with Crippen LogP contribution < -0.4 is 11.5 Å². The normalized spacial score (nSPS) is 9.86. The molecule has 4 N–H and O–H groups in total. The first-order valence-electron chi connectivity index (χ1n) is 4.15. The van der Waals surface area contributed by atoms with Crippen LogP contribution in [0.1, 0.15) is 34.6 Å². The standard InChI is InChI=1S/C10H12N2O2/c1-5(13)9-7(11)3-4-8(12)10(9)6(2)14/h3-4H,11-12H2,1-2H3. The summed E-state index contributed by atoms with van der Waals surface area (Å²) in [7, 11) is 0. The van der Waals surface area contributed by atoms with Crippen LogP contribution in [0.5, 0.6) is 0 Å². The lowest BCUT2D eigenvalue weighted by molar-refractivity contribution is 0.0982. The molecule has 0 aliphatic rings. The van der Waals surface area contributed by atoms with E-state index in [1.54, 1.807) is 0 Å². The van der Waals surface area contributed by atoms with Gasteiger partial charge in [0.25, 0.3) is 0 Å². The average Bonchev–Trinajstić information content (AvgIpc) is 2.07. The number of anilines is 2. The third-order valence-electron chi connectivity index (χ3n) is 1.97. The largest absolute Gasteiger partial charge is 0.398 e. The van der Waals surface area contributed by atoms with Crippen molar-refractivity contribution in [1.82, 2.24) is 0 Å². The maximum absolute atomic E-state index is 11.3. The summed E-state index contributed by atoms with van der Waals surface area (Å²) < 4.78 is 0. The average molecular weight is 192 g/mol. The van der Waals surface area contributed by atoms with E-state index in [1.165, 1.54) is 26.0 Å². The first-order valence-corrected chi connectivity index (χ1v) is 4.15. The number of carbonyl (C=O) groups is 2. The van der Waals surface area contributed by atoms with Gasteiger partial charge in [-0.2, -0.15) is 0 Å². The number of hydrogen-bond acceptors (Lipinski definition) is 4. The molecule has 0 spiro atoms. The van der Waals surface area contributed by atoms with Crippen molar-refractivity contribution in [3.8, 4) is 0 Å². The molecule has 0 aliphatic heterocycles. The van der Waals surface area contributed by atoms with Gasteiger partial charge in [-0.25, -0.2) is 0 Å². The fourth-order valence-electron chi connectivity index (χ4n) is 1.39. The Balaban J connectivity index is 3.58. The summed E-state index contributed by atoms with van der Waals surface area (Å²) in [6.07, 6.45) is 0. The van der Waals surface area contributed by atoms with Gasteiger partial charge in [0, 0.05) is 11.4 Å². The number of rotatable bonds is 2. The zero-order chi connectivity index (χ0) is 10.9. The lowest BCUT2D eigenvalue weighted by atomic mass is 9.98. The van der Waals surface area contributed by atoms with Gasteiger partial charge in [-0.3, -0.25) is 9.59 Å². The van der Waals surface area contributed by atoms with Crippen molar-refractivity contribution >= 4 is 22.9 Å². The highest BCUT2D eigenvalue weighted by molar-refractivity contribution is 6.13. The molecule has 0 heterocycles. The molecular weight excluding hydrogens is 180 g/mol. The minimum atomic E-state index is -0.250. The lowest BCUT2D eigenvalue weighted by Gasteiger charge is -2.09. The van der Waals surface area contributed by atoms with E-state index in [1.807, 2.05) is 0 Å². The van der Waals surface area contributed by atoms with E-state index in [-0.39, 0.29) is 34.1 Å². The molecule has 4 nitrogen and oxygen atoms in total. The van der Waals surface area contributed by atoms with Crippen LogP contribution in [0.4, 0.5) is 11.4 Å². The Morgan fingerprint density at radius 2 is 1.21 bits per heavy atom. The second-order valence-electron chi connectivity index (χ2n) is 3.11. The predicted octanol–water partition coefficient (Wildman–Crippen LogP) is 1.26. The lowest BCUT2D eigenvalue weighted by Crippen LogP contribution is -2.11. The fraction of sp³-hybridized carbons (Fsp3) is 0.200. The first kappa shape index (κ1) is 10.2. The van der Waals surface area contributed by atoms with Crippen molar-refractivity contribution in [2.24, 2.45) is 0 Å². The van der Waals surface area contributed by atoms with E-state index in [0.717, 1.165) is 0 Å². The van der Waals surface area contributed by atoms with Crippen LogP contribution in [0.3, 0.4) is 0 Å². The molecule has 0 atom stereocenters. The summed E-state index contributed by atoms with van der Waals surface area (Å²) in [4.78, 5) is 22.5. The summed E-state index contributed by atoms with van der Waals surface area (Å²) in [5, 5.41) is 0. The molecule has 0 fully saturated rings. The van der Waals surface area contributed by atoms with Gasteiger partial charge in [-0.05, 0) is 26.0 Å². The summed E-state index contributed by atoms with van der Waals surface area (Å²) in [5.41, 5.74) is 12.2. The second kappa shape index (κ2) is 3.49. The molecule has 0 amide bonds. The van der Waals surface area contributed by atoms with Crippen LogP contribution in [0.25, 0.3) is 0 Å². The highest BCUT2D eigenvalue weighted by Crippen LogP contribution is 2.24. The molecule has 14 heavy (non-hydrogen) atoms. The van der Waals surface area contributed by atoms with Gasteiger partial charge < -0.3 is 11.5 Å². The van der Waals surface area contributed by atoms with Gasteiger partial charge in [0.2, 0.25) is 0 Å². The second-order valence-corrected chi connectivity index (χ2v) is 3.11. The number of carbonyl (C=O) groups excluding carboxylic acids is 2. The molecule has 1 aromatic rings. The molecule has 74 valence electrons. The zero-order valence-electron chi connectivity index (χ0n) is 8.13. The van der Waals surface area contributed by atoms with Crippen molar-refractivity contribution in [2.75, 3.05) is 11.5 Å². The summed E-state index contributed by atoms with van der Waals surface area (Å²) in [6, 6.07) is 3.05. The Hall–Kier alpha value is -1.84.